The van der Waals surface area contributed by atoms with Gasteiger partial charge in [0.25, 0.3) is 0 Å². The Bertz CT molecular complexity index is 587. The van der Waals surface area contributed by atoms with Gasteiger partial charge in [-0.3, -0.25) is 0 Å². The molecule has 0 bridgehead atoms. The van der Waals surface area contributed by atoms with Gasteiger partial charge in [0.1, 0.15) is 0 Å². The van der Waals surface area contributed by atoms with E-state index >= 15 is 0 Å². The van der Waals surface area contributed by atoms with Gasteiger partial charge in [-0.1, -0.05) is 48.5 Å². The van der Waals surface area contributed by atoms with Gasteiger partial charge in [0.05, 0.1) is 0 Å². The summed E-state index contributed by atoms with van der Waals surface area (Å²) in [6.07, 6.45) is 1.84. The van der Waals surface area contributed by atoms with Crippen molar-refractivity contribution in [1.29, 1.82) is 0 Å². The summed E-state index contributed by atoms with van der Waals surface area (Å²) in [6, 6.07) is 18.1. The minimum atomic E-state index is 0.435. The SMILES string of the molecule is [O-]/[N+](Cc1ccccc1)=C1/CCc2ccccc21. The summed E-state index contributed by atoms with van der Waals surface area (Å²) in [5.41, 5.74) is 4.41. The van der Waals surface area contributed by atoms with E-state index in [2.05, 4.69) is 6.07 Å². The molecule has 0 aromatic heterocycles. The first kappa shape index (κ1) is 11.0. The number of fused-ring (bicyclic) bond motifs is 1. The largest absolute Gasteiger partial charge is 0.623 e. The van der Waals surface area contributed by atoms with Crippen LogP contribution in [-0.2, 0) is 13.0 Å². The number of rotatable bonds is 2. The molecule has 90 valence electrons. The molecule has 2 heteroatoms. The lowest BCUT2D eigenvalue weighted by molar-refractivity contribution is -0.475. The van der Waals surface area contributed by atoms with Crippen molar-refractivity contribution in [3.05, 3.63) is 76.5 Å². The average Bonchev–Trinajstić information content (AvgIpc) is 2.84. The van der Waals surface area contributed by atoms with Crippen molar-refractivity contribution in [2.75, 3.05) is 0 Å². The van der Waals surface area contributed by atoms with Gasteiger partial charge in [-0.05, 0) is 18.1 Å². The molecule has 0 spiro atoms. The van der Waals surface area contributed by atoms with Crippen LogP contribution >= 0.6 is 0 Å². The molecule has 2 nitrogen and oxygen atoms in total. The van der Waals surface area contributed by atoms with Crippen molar-refractivity contribution in [2.24, 2.45) is 0 Å². The fourth-order valence-electron chi connectivity index (χ4n) is 2.51. The minimum absolute atomic E-state index is 0.435. The molecule has 0 atom stereocenters. The van der Waals surface area contributed by atoms with Gasteiger partial charge in [0.2, 0.25) is 0 Å². The van der Waals surface area contributed by atoms with E-state index in [4.69, 9.17) is 0 Å². The molecule has 2 aromatic rings. The number of aryl methyl sites for hydroxylation is 1. The molecule has 0 unspecified atom stereocenters. The van der Waals surface area contributed by atoms with E-state index in [1.807, 2.05) is 48.5 Å². The zero-order chi connectivity index (χ0) is 12.4. The van der Waals surface area contributed by atoms with Crippen molar-refractivity contribution < 1.29 is 4.74 Å². The van der Waals surface area contributed by atoms with E-state index < -0.39 is 0 Å². The van der Waals surface area contributed by atoms with Crippen molar-refractivity contribution in [3.63, 3.8) is 0 Å². The number of benzene rings is 2. The number of hydroxylamine groups is 1. The van der Waals surface area contributed by atoms with Gasteiger partial charge >= 0.3 is 0 Å². The van der Waals surface area contributed by atoms with Crippen LogP contribution in [0.5, 0.6) is 0 Å². The molecule has 0 saturated heterocycles. The second-order valence-corrected chi connectivity index (χ2v) is 4.63. The van der Waals surface area contributed by atoms with Crippen LogP contribution in [-0.4, -0.2) is 10.5 Å². The summed E-state index contributed by atoms with van der Waals surface area (Å²) in [4.78, 5) is 0. The van der Waals surface area contributed by atoms with Crippen LogP contribution in [0.1, 0.15) is 23.1 Å². The Morgan fingerprint density at radius 1 is 0.889 bits per heavy atom. The molecule has 0 aliphatic heterocycles. The van der Waals surface area contributed by atoms with Crippen LogP contribution in [0.15, 0.2) is 54.6 Å². The summed E-state index contributed by atoms with van der Waals surface area (Å²) in [5, 5.41) is 12.3. The Labute approximate surface area is 107 Å². The summed E-state index contributed by atoms with van der Waals surface area (Å²) >= 11 is 0. The number of nitrogens with zero attached hydrogens (tertiary/aromatic N) is 1. The van der Waals surface area contributed by atoms with Crippen molar-refractivity contribution >= 4 is 5.71 Å². The predicted octanol–water partition coefficient (Wildman–Crippen LogP) is 3.13. The third-order valence-corrected chi connectivity index (χ3v) is 3.43. The zero-order valence-corrected chi connectivity index (χ0v) is 10.2. The van der Waals surface area contributed by atoms with Crippen LogP contribution in [0.4, 0.5) is 0 Å². The molecule has 1 aliphatic carbocycles. The molecular formula is C16H15NO. The van der Waals surface area contributed by atoms with Crippen molar-refractivity contribution in [1.82, 2.24) is 0 Å². The monoisotopic (exact) mass is 237 g/mol. The van der Waals surface area contributed by atoms with Crippen LogP contribution in [0.3, 0.4) is 0 Å². The predicted molar refractivity (Wildman–Crippen MR) is 72.6 cm³/mol. The quantitative estimate of drug-likeness (QED) is 0.447. The highest BCUT2D eigenvalue weighted by atomic mass is 16.5. The molecule has 3 rings (SSSR count). The Kier molecular flexibility index (Phi) is 2.85. The Morgan fingerprint density at radius 3 is 2.44 bits per heavy atom. The lowest BCUT2D eigenvalue weighted by Gasteiger charge is -2.08. The Morgan fingerprint density at radius 2 is 1.61 bits per heavy atom. The molecule has 0 N–H and O–H groups in total. The lowest BCUT2D eigenvalue weighted by Crippen LogP contribution is -2.14. The Hall–Kier alpha value is -2.09. The first-order valence-electron chi connectivity index (χ1n) is 6.27. The maximum Gasteiger partial charge on any atom is 0.195 e. The van der Waals surface area contributed by atoms with Crippen LogP contribution < -0.4 is 0 Å². The molecule has 1 aliphatic rings. The third-order valence-electron chi connectivity index (χ3n) is 3.43. The number of hydrogen-bond donors (Lipinski definition) is 0. The molecule has 0 saturated carbocycles. The maximum atomic E-state index is 12.3. The second-order valence-electron chi connectivity index (χ2n) is 4.63. The molecule has 0 radical (unpaired) electrons. The fraction of sp³-hybridized carbons (Fsp3) is 0.188. The minimum Gasteiger partial charge on any atom is -0.623 e. The van der Waals surface area contributed by atoms with Gasteiger partial charge in [0.15, 0.2) is 12.3 Å². The van der Waals surface area contributed by atoms with Crippen LogP contribution in [0, 0.1) is 5.21 Å². The molecule has 0 amide bonds. The smallest absolute Gasteiger partial charge is 0.195 e. The summed E-state index contributed by atoms with van der Waals surface area (Å²) in [5.74, 6) is 0. The van der Waals surface area contributed by atoms with Crippen molar-refractivity contribution in [2.45, 2.75) is 19.4 Å². The van der Waals surface area contributed by atoms with Crippen molar-refractivity contribution in [3.8, 4) is 0 Å². The van der Waals surface area contributed by atoms with Crippen LogP contribution in [0.2, 0.25) is 0 Å². The van der Waals surface area contributed by atoms with Gasteiger partial charge in [-0.15, -0.1) is 0 Å². The van der Waals surface area contributed by atoms with Gasteiger partial charge in [-0.25, -0.2) is 4.74 Å². The van der Waals surface area contributed by atoms with Gasteiger partial charge in [0, 0.05) is 17.5 Å². The molecular weight excluding hydrogens is 222 g/mol. The normalized spacial score (nSPS) is 16.4. The van der Waals surface area contributed by atoms with E-state index in [9.17, 15) is 5.21 Å². The van der Waals surface area contributed by atoms with E-state index in [0.29, 0.717) is 6.54 Å². The lowest BCUT2D eigenvalue weighted by atomic mass is 10.1. The standard InChI is InChI=1S/C16H15NO/c18-17(12-13-6-2-1-3-7-13)16-11-10-14-8-4-5-9-15(14)16/h1-9H,10-12H2/b17-16-. The second kappa shape index (κ2) is 4.65. The third kappa shape index (κ3) is 2.02. The first-order chi connectivity index (χ1) is 8.84. The average molecular weight is 237 g/mol. The molecule has 18 heavy (non-hydrogen) atoms. The Balaban J connectivity index is 1.92. The highest BCUT2D eigenvalue weighted by Crippen LogP contribution is 2.22. The zero-order valence-electron chi connectivity index (χ0n) is 10.2. The fourth-order valence-corrected chi connectivity index (χ4v) is 2.51. The van der Waals surface area contributed by atoms with E-state index in [-0.39, 0.29) is 0 Å². The van der Waals surface area contributed by atoms with Gasteiger partial charge < -0.3 is 5.21 Å². The summed E-state index contributed by atoms with van der Waals surface area (Å²) in [6.45, 7) is 0.435. The van der Waals surface area contributed by atoms with Crippen LogP contribution in [0.25, 0.3) is 0 Å². The van der Waals surface area contributed by atoms with Gasteiger partial charge in [-0.2, -0.15) is 0 Å². The first-order valence-corrected chi connectivity index (χ1v) is 6.27. The molecule has 2 aromatic carbocycles. The van der Waals surface area contributed by atoms with E-state index in [1.54, 1.807) is 0 Å². The summed E-state index contributed by atoms with van der Waals surface area (Å²) in [7, 11) is 0. The maximum absolute atomic E-state index is 12.3. The highest BCUT2D eigenvalue weighted by Gasteiger charge is 2.23. The molecule has 0 heterocycles. The summed E-state index contributed by atoms with van der Waals surface area (Å²) < 4.78 is 1.14. The van der Waals surface area contributed by atoms with E-state index in [1.165, 1.54) is 5.56 Å². The number of hydrogen-bond acceptors (Lipinski definition) is 1. The molecule has 0 fully saturated rings. The van der Waals surface area contributed by atoms with E-state index in [0.717, 1.165) is 34.4 Å². The topological polar surface area (TPSA) is 26.1 Å². The highest BCUT2D eigenvalue weighted by molar-refractivity contribution is 6.01.